The molecule has 16 heavy (non-hydrogen) atoms. The van der Waals surface area contributed by atoms with Crippen LogP contribution in [0.4, 0.5) is 0 Å². The number of nitrogens with one attached hydrogen (secondary N) is 1. The van der Waals surface area contributed by atoms with Crippen molar-refractivity contribution in [2.24, 2.45) is 0 Å². The summed E-state index contributed by atoms with van der Waals surface area (Å²) in [5, 5.41) is 3.47. The molecule has 0 aliphatic heterocycles. The molecule has 1 aliphatic carbocycles. The van der Waals surface area contributed by atoms with Gasteiger partial charge in [-0.05, 0) is 24.5 Å². The molecule has 0 spiro atoms. The smallest absolute Gasteiger partial charge is 0.0934 e. The van der Waals surface area contributed by atoms with Gasteiger partial charge in [-0.2, -0.15) is 0 Å². The zero-order valence-electron chi connectivity index (χ0n) is 9.29. The fourth-order valence-electron chi connectivity index (χ4n) is 2.03. The molecule has 1 heterocycles. The van der Waals surface area contributed by atoms with Gasteiger partial charge < -0.3 is 5.32 Å². The highest BCUT2D eigenvalue weighted by Gasteiger charge is 2.24. The maximum Gasteiger partial charge on any atom is 0.0934 e. The topological polar surface area (TPSA) is 29.1 Å². The molecule has 0 radical (unpaired) electrons. The first-order valence-electron chi connectivity index (χ1n) is 5.57. The molecule has 0 fully saturated rings. The van der Waals surface area contributed by atoms with Crippen molar-refractivity contribution in [2.45, 2.75) is 25.8 Å². The van der Waals surface area contributed by atoms with Crippen LogP contribution in [0.5, 0.6) is 0 Å². The van der Waals surface area contributed by atoms with Gasteiger partial charge in [-0.25, -0.2) is 0 Å². The molecule has 1 aromatic rings. The molecule has 5 heteroatoms. The molecule has 2 nitrogen and oxygen atoms in total. The van der Waals surface area contributed by atoms with Crippen LogP contribution in [0.1, 0.15) is 29.8 Å². The molecule has 90 valence electrons. The summed E-state index contributed by atoms with van der Waals surface area (Å²) in [6.07, 6.45) is 2.28. The van der Waals surface area contributed by atoms with Gasteiger partial charge in [-0.15, -0.1) is 11.3 Å². The van der Waals surface area contributed by atoms with Crippen LogP contribution in [0.15, 0.2) is 6.07 Å². The van der Waals surface area contributed by atoms with Crippen LogP contribution in [0.2, 0.25) is 4.34 Å². The summed E-state index contributed by atoms with van der Waals surface area (Å²) in [6, 6.07) is 2.50. The van der Waals surface area contributed by atoms with E-state index in [1.54, 1.807) is 11.3 Å². The lowest BCUT2D eigenvalue weighted by molar-refractivity contribution is 0.549. The maximum atomic E-state index is 11.3. The van der Waals surface area contributed by atoms with Crippen molar-refractivity contribution in [3.63, 3.8) is 0 Å². The average Bonchev–Trinajstić information content (AvgIpc) is 2.78. The van der Waals surface area contributed by atoms with Gasteiger partial charge >= 0.3 is 0 Å². The first kappa shape index (κ1) is 12.6. The second kappa shape index (κ2) is 5.63. The summed E-state index contributed by atoms with van der Waals surface area (Å²) >= 11 is 7.68. The van der Waals surface area contributed by atoms with E-state index < -0.39 is 10.8 Å². The first-order valence-corrected chi connectivity index (χ1v) is 8.25. The molecule has 2 unspecified atom stereocenters. The van der Waals surface area contributed by atoms with E-state index in [2.05, 4.69) is 11.4 Å². The monoisotopic (exact) mass is 277 g/mol. The van der Waals surface area contributed by atoms with Crippen LogP contribution >= 0.6 is 22.9 Å². The standard InChI is InChI=1S/C11H16ClNOS2/c1-2-16(14)6-5-13-9-3-4-10-8(9)7-11(12)15-10/h7,9,13H,2-6H2,1H3. The second-order valence-electron chi connectivity index (χ2n) is 3.91. The normalized spacial score (nSPS) is 21.0. The minimum atomic E-state index is -0.666. The van der Waals surface area contributed by atoms with Crippen LogP contribution in [0.25, 0.3) is 0 Å². The number of halogens is 1. The fourth-order valence-corrected chi connectivity index (χ4v) is 4.02. The zero-order chi connectivity index (χ0) is 11.5. The van der Waals surface area contributed by atoms with Crippen LogP contribution in [0, 0.1) is 0 Å². The van der Waals surface area contributed by atoms with Crippen molar-refractivity contribution in [3.8, 4) is 0 Å². The van der Waals surface area contributed by atoms with Crippen LogP contribution < -0.4 is 5.32 Å². The molecule has 2 atom stereocenters. The number of thiophene rings is 1. The van der Waals surface area contributed by atoms with Gasteiger partial charge in [0, 0.05) is 39.8 Å². The Bertz CT molecular complexity index is 391. The Kier molecular flexibility index (Phi) is 4.41. The van der Waals surface area contributed by atoms with Gasteiger partial charge in [-0.1, -0.05) is 18.5 Å². The van der Waals surface area contributed by atoms with E-state index >= 15 is 0 Å². The molecule has 0 bridgehead atoms. The van der Waals surface area contributed by atoms with Gasteiger partial charge in [0.2, 0.25) is 0 Å². The number of rotatable bonds is 5. The second-order valence-corrected chi connectivity index (χ2v) is 7.54. The van der Waals surface area contributed by atoms with E-state index in [1.807, 2.05) is 6.92 Å². The summed E-state index contributed by atoms with van der Waals surface area (Å²) in [7, 11) is -0.666. The van der Waals surface area contributed by atoms with E-state index in [1.165, 1.54) is 10.4 Å². The Morgan fingerprint density at radius 2 is 2.50 bits per heavy atom. The van der Waals surface area contributed by atoms with Gasteiger partial charge in [0.25, 0.3) is 0 Å². The largest absolute Gasteiger partial charge is 0.309 e. The zero-order valence-corrected chi connectivity index (χ0v) is 11.7. The Labute approximate surface area is 108 Å². The summed E-state index contributed by atoms with van der Waals surface area (Å²) < 4.78 is 12.2. The van der Waals surface area contributed by atoms with Crippen molar-refractivity contribution in [2.75, 3.05) is 18.1 Å². The highest BCUT2D eigenvalue weighted by molar-refractivity contribution is 7.84. The lowest BCUT2D eigenvalue weighted by Gasteiger charge is -2.12. The quantitative estimate of drug-likeness (QED) is 0.897. The third-order valence-corrected chi connectivity index (χ3v) is 5.53. The summed E-state index contributed by atoms with van der Waals surface area (Å²) in [4.78, 5) is 1.42. The predicted molar refractivity (Wildman–Crippen MR) is 71.9 cm³/mol. The summed E-state index contributed by atoms with van der Waals surface area (Å²) in [5.41, 5.74) is 1.36. The minimum Gasteiger partial charge on any atom is -0.309 e. The molecule has 2 rings (SSSR count). The van der Waals surface area contributed by atoms with E-state index in [0.717, 1.165) is 35.2 Å². The minimum absolute atomic E-state index is 0.424. The Hall–Kier alpha value is 0.1000. The highest BCUT2D eigenvalue weighted by Crippen LogP contribution is 2.39. The summed E-state index contributed by atoms with van der Waals surface area (Å²) in [5.74, 6) is 1.50. The van der Waals surface area contributed by atoms with E-state index in [-0.39, 0.29) is 0 Å². The van der Waals surface area contributed by atoms with Gasteiger partial charge in [0.1, 0.15) is 0 Å². The molecular weight excluding hydrogens is 262 g/mol. The molecule has 0 saturated carbocycles. The molecule has 0 amide bonds. The Morgan fingerprint density at radius 1 is 1.69 bits per heavy atom. The van der Waals surface area contributed by atoms with Gasteiger partial charge in [0.05, 0.1) is 4.34 Å². The molecule has 0 aromatic carbocycles. The lowest BCUT2D eigenvalue weighted by atomic mass is 10.2. The van der Waals surface area contributed by atoms with E-state index in [4.69, 9.17) is 11.6 Å². The third-order valence-electron chi connectivity index (χ3n) is 2.89. The number of hydrogen-bond donors (Lipinski definition) is 1. The molecule has 1 aliphatic rings. The fraction of sp³-hybridized carbons (Fsp3) is 0.636. The van der Waals surface area contributed by atoms with Crippen molar-refractivity contribution in [1.29, 1.82) is 0 Å². The van der Waals surface area contributed by atoms with Crippen molar-refractivity contribution in [3.05, 3.63) is 20.8 Å². The van der Waals surface area contributed by atoms with Crippen molar-refractivity contribution >= 4 is 33.7 Å². The van der Waals surface area contributed by atoms with E-state index in [9.17, 15) is 4.21 Å². The van der Waals surface area contributed by atoms with Crippen molar-refractivity contribution in [1.82, 2.24) is 5.32 Å². The molecular formula is C11H16ClNOS2. The number of fused-ring (bicyclic) bond motifs is 1. The predicted octanol–water partition coefficient (Wildman–Crippen LogP) is 2.75. The maximum absolute atomic E-state index is 11.3. The highest BCUT2D eigenvalue weighted by atomic mass is 35.5. The Morgan fingerprint density at radius 3 is 3.25 bits per heavy atom. The molecule has 1 N–H and O–H groups in total. The van der Waals surface area contributed by atoms with Gasteiger partial charge in [0.15, 0.2) is 0 Å². The van der Waals surface area contributed by atoms with Crippen LogP contribution in [-0.2, 0) is 17.2 Å². The SMILES string of the molecule is CCS(=O)CCNC1CCc2sc(Cl)cc21. The Balaban J connectivity index is 1.86. The first-order chi connectivity index (χ1) is 7.70. The average molecular weight is 278 g/mol. The molecule has 1 aromatic heterocycles. The number of hydrogen-bond acceptors (Lipinski definition) is 3. The van der Waals surface area contributed by atoms with Gasteiger partial charge in [-0.3, -0.25) is 4.21 Å². The molecule has 0 saturated heterocycles. The third kappa shape index (κ3) is 2.86. The van der Waals surface area contributed by atoms with Crippen molar-refractivity contribution < 1.29 is 4.21 Å². The lowest BCUT2D eigenvalue weighted by Crippen LogP contribution is -2.24. The van der Waals surface area contributed by atoms with E-state index in [0.29, 0.717) is 6.04 Å². The van der Waals surface area contributed by atoms with Crippen LogP contribution in [0.3, 0.4) is 0 Å². The number of aryl methyl sites for hydroxylation is 1. The van der Waals surface area contributed by atoms with Crippen LogP contribution in [-0.4, -0.2) is 22.3 Å². The summed E-state index contributed by atoms with van der Waals surface area (Å²) in [6.45, 7) is 2.79.